The maximum Gasteiger partial charge on any atom is 0.137 e. The summed E-state index contributed by atoms with van der Waals surface area (Å²) in [7, 11) is -1.56. The number of ether oxygens (including phenoxy) is 1. The van der Waals surface area contributed by atoms with Gasteiger partial charge < -0.3 is 14.5 Å². The summed E-state index contributed by atoms with van der Waals surface area (Å²) in [5, 5.41) is 3.82. The van der Waals surface area contributed by atoms with Crippen LogP contribution in [0.4, 0.5) is 22.7 Å². The van der Waals surface area contributed by atoms with Crippen LogP contribution in [0, 0.1) is 0 Å². The van der Waals surface area contributed by atoms with Gasteiger partial charge in [-0.1, -0.05) is 154 Å². The predicted octanol–water partition coefficient (Wildman–Crippen LogP) is 15.3. The molecule has 0 saturated carbocycles. The second kappa shape index (κ2) is 15.3. The average molecular weight is 847 g/mol. The van der Waals surface area contributed by atoms with Gasteiger partial charge >= 0.3 is 0 Å². The number of benzene rings is 6. The molecule has 63 heavy (non-hydrogen) atoms. The minimum absolute atomic E-state index is 0.00520. The molecule has 0 aliphatic carbocycles. The number of fused-ring (bicyclic) bond motifs is 4. The van der Waals surface area contributed by atoms with E-state index in [0.29, 0.717) is 6.67 Å². The van der Waals surface area contributed by atoms with Crippen LogP contribution in [0.5, 0.6) is 11.5 Å². The molecule has 5 nitrogen and oxygen atoms in total. The van der Waals surface area contributed by atoms with E-state index in [0.717, 1.165) is 34.0 Å². The van der Waals surface area contributed by atoms with Crippen molar-refractivity contribution >= 4 is 57.8 Å². The lowest BCUT2D eigenvalue weighted by molar-refractivity contribution is 0.483. The van der Waals surface area contributed by atoms with E-state index in [2.05, 4.69) is 236 Å². The fourth-order valence-electron chi connectivity index (χ4n) is 8.89. The highest BCUT2D eigenvalue weighted by atomic mass is 28.3. The topological polar surface area (TPSA) is 33.5 Å². The van der Waals surface area contributed by atoms with Crippen molar-refractivity contribution in [2.24, 2.45) is 0 Å². The molecule has 8 aromatic rings. The van der Waals surface area contributed by atoms with Gasteiger partial charge in [0.1, 0.15) is 24.0 Å². The molecule has 0 radical (unpaired) electrons. The minimum Gasteiger partial charge on any atom is -0.457 e. The van der Waals surface area contributed by atoms with Crippen LogP contribution in [-0.2, 0) is 16.2 Å². The van der Waals surface area contributed by atoms with E-state index in [1.807, 2.05) is 6.20 Å². The SMILES string of the molecule is CC(C)(C)c1cc(N2CN(c3cccc(Oc4ccc5c6ccccc6n(-c6cc(C(C)(C)C)ccn6)c5c4)c3)c3cccc(-c4cccc([Si](C)(C)C)c4)c32)cc(C(C)(C)C)c1. The molecule has 0 bridgehead atoms. The number of para-hydroxylation sites is 2. The van der Waals surface area contributed by atoms with Crippen LogP contribution < -0.4 is 19.7 Å². The molecule has 1 aliphatic rings. The summed E-state index contributed by atoms with van der Waals surface area (Å²) in [6.07, 6.45) is 1.93. The summed E-state index contributed by atoms with van der Waals surface area (Å²) in [5.41, 5.74) is 13.3. The fraction of sp³-hybridized carbons (Fsp3) is 0.281. The molecular formula is C57H62N4OSi. The lowest BCUT2D eigenvalue weighted by Crippen LogP contribution is -2.37. The van der Waals surface area contributed by atoms with Gasteiger partial charge in [-0.25, -0.2) is 4.98 Å². The zero-order valence-corrected chi connectivity index (χ0v) is 40.3. The number of pyridine rings is 1. The van der Waals surface area contributed by atoms with E-state index in [-0.39, 0.29) is 16.2 Å². The Balaban J connectivity index is 1.15. The first-order valence-corrected chi connectivity index (χ1v) is 26.0. The Kier molecular flexibility index (Phi) is 10.3. The molecule has 0 spiro atoms. The van der Waals surface area contributed by atoms with Gasteiger partial charge in [-0.05, 0) is 99.2 Å². The van der Waals surface area contributed by atoms with Crippen LogP contribution in [0.2, 0.25) is 19.6 Å². The first kappa shape index (κ1) is 42.2. The van der Waals surface area contributed by atoms with E-state index in [9.17, 15) is 0 Å². The predicted molar refractivity (Wildman–Crippen MR) is 272 cm³/mol. The first-order chi connectivity index (χ1) is 29.7. The number of hydrogen-bond acceptors (Lipinski definition) is 4. The van der Waals surface area contributed by atoms with Gasteiger partial charge in [0.2, 0.25) is 0 Å². The van der Waals surface area contributed by atoms with Crippen LogP contribution >= 0.6 is 0 Å². The maximum atomic E-state index is 6.83. The smallest absolute Gasteiger partial charge is 0.137 e. The summed E-state index contributed by atoms with van der Waals surface area (Å²) < 4.78 is 9.10. The average Bonchev–Trinajstić information content (AvgIpc) is 3.79. The van der Waals surface area contributed by atoms with Crippen molar-refractivity contribution in [2.45, 2.75) is 98.2 Å². The highest BCUT2D eigenvalue weighted by Gasteiger charge is 2.33. The summed E-state index contributed by atoms with van der Waals surface area (Å²) >= 11 is 0. The normalized spacial score (nSPS) is 13.6. The molecule has 0 saturated heterocycles. The lowest BCUT2D eigenvalue weighted by Gasteiger charge is -2.30. The number of aromatic nitrogens is 2. The Morgan fingerprint density at radius 1 is 0.524 bits per heavy atom. The van der Waals surface area contributed by atoms with E-state index >= 15 is 0 Å². The number of nitrogens with zero attached hydrogens (tertiary/aromatic N) is 4. The van der Waals surface area contributed by atoms with Crippen molar-refractivity contribution in [3.05, 3.63) is 162 Å². The summed E-state index contributed by atoms with van der Waals surface area (Å²) in [5.74, 6) is 2.46. The molecule has 0 amide bonds. The van der Waals surface area contributed by atoms with Crippen molar-refractivity contribution in [1.82, 2.24) is 9.55 Å². The molecule has 0 atom stereocenters. The molecule has 6 heteroatoms. The van der Waals surface area contributed by atoms with Gasteiger partial charge in [0, 0.05) is 46.0 Å². The van der Waals surface area contributed by atoms with Crippen LogP contribution in [0.15, 0.2) is 146 Å². The van der Waals surface area contributed by atoms with Crippen molar-refractivity contribution < 1.29 is 4.74 Å². The molecule has 0 N–H and O–H groups in total. The molecule has 3 heterocycles. The highest BCUT2D eigenvalue weighted by Crippen LogP contribution is 2.51. The van der Waals surface area contributed by atoms with Gasteiger partial charge in [0.05, 0.1) is 30.5 Å². The largest absolute Gasteiger partial charge is 0.457 e. The van der Waals surface area contributed by atoms with Crippen molar-refractivity contribution in [2.75, 3.05) is 16.5 Å². The van der Waals surface area contributed by atoms with Crippen molar-refractivity contribution in [3.63, 3.8) is 0 Å². The first-order valence-electron chi connectivity index (χ1n) is 22.5. The standard InChI is InChI=1S/C57H62N4OSi/c1-55(2,3)39-28-29-58-53(34-39)61-50-24-14-13-22-48(50)49-27-26-45(36-52(49)61)62-44-20-16-19-42(35-44)59-37-60(43-32-40(56(4,5)6)31-41(33-43)57(7,8)9)54-47(23-17-25-51(54)59)38-18-15-21-46(30-38)63(10,11)12/h13-36H,37H2,1-12H3. The third-order valence-electron chi connectivity index (χ3n) is 12.7. The molecule has 2 aromatic heterocycles. The van der Waals surface area contributed by atoms with E-state index < -0.39 is 8.07 Å². The van der Waals surface area contributed by atoms with Gasteiger partial charge in [-0.2, -0.15) is 0 Å². The zero-order valence-electron chi connectivity index (χ0n) is 39.3. The Labute approximate surface area is 376 Å². The monoisotopic (exact) mass is 846 g/mol. The molecule has 320 valence electrons. The molecule has 6 aromatic carbocycles. The summed E-state index contributed by atoms with van der Waals surface area (Å²) in [4.78, 5) is 9.89. The molecule has 0 fully saturated rings. The Morgan fingerprint density at radius 3 is 1.90 bits per heavy atom. The molecule has 9 rings (SSSR count). The van der Waals surface area contributed by atoms with Crippen LogP contribution in [0.1, 0.15) is 79.0 Å². The third kappa shape index (κ3) is 8.06. The number of anilines is 4. The highest BCUT2D eigenvalue weighted by molar-refractivity contribution is 6.88. The summed E-state index contributed by atoms with van der Waals surface area (Å²) in [6.45, 7) is 28.6. The van der Waals surface area contributed by atoms with Gasteiger partial charge in [0.25, 0.3) is 0 Å². The Hall–Kier alpha value is -6.11. The van der Waals surface area contributed by atoms with Crippen molar-refractivity contribution in [3.8, 4) is 28.4 Å². The summed E-state index contributed by atoms with van der Waals surface area (Å²) in [6, 6.07) is 51.3. The zero-order chi connectivity index (χ0) is 44.6. The van der Waals surface area contributed by atoms with Gasteiger partial charge in [0.15, 0.2) is 0 Å². The Morgan fingerprint density at radius 2 is 1.19 bits per heavy atom. The second-order valence-electron chi connectivity index (χ2n) is 21.6. The van der Waals surface area contributed by atoms with E-state index in [1.54, 1.807) is 0 Å². The van der Waals surface area contributed by atoms with Crippen molar-refractivity contribution in [1.29, 1.82) is 0 Å². The molecule has 0 unspecified atom stereocenters. The maximum absolute atomic E-state index is 6.83. The lowest BCUT2D eigenvalue weighted by atomic mass is 9.80. The van der Waals surface area contributed by atoms with E-state index in [1.165, 1.54) is 60.8 Å². The van der Waals surface area contributed by atoms with Gasteiger partial charge in [-0.15, -0.1) is 0 Å². The van der Waals surface area contributed by atoms with Crippen LogP contribution in [-0.4, -0.2) is 24.3 Å². The quantitative estimate of drug-likeness (QED) is 0.150. The minimum atomic E-state index is -1.56. The molecular weight excluding hydrogens is 785 g/mol. The van der Waals surface area contributed by atoms with Gasteiger partial charge in [-0.3, -0.25) is 4.57 Å². The number of rotatable bonds is 7. The fourth-order valence-corrected chi connectivity index (χ4v) is 10.1. The Bertz CT molecular complexity index is 2990. The second-order valence-corrected chi connectivity index (χ2v) is 26.6. The number of hydrogen-bond donors (Lipinski definition) is 0. The van der Waals surface area contributed by atoms with E-state index in [4.69, 9.17) is 9.72 Å². The van der Waals surface area contributed by atoms with Crippen LogP contribution in [0.3, 0.4) is 0 Å². The van der Waals surface area contributed by atoms with Crippen LogP contribution in [0.25, 0.3) is 38.8 Å². The molecule has 1 aliphatic heterocycles. The third-order valence-corrected chi connectivity index (χ3v) is 14.8.